The minimum Gasteiger partial charge on any atom is -0.497 e. The summed E-state index contributed by atoms with van der Waals surface area (Å²) in [5, 5.41) is 3.97. The van der Waals surface area contributed by atoms with Gasteiger partial charge in [0.1, 0.15) is 18.3 Å². The highest BCUT2D eigenvalue weighted by Gasteiger charge is 2.51. The molecule has 41 heavy (non-hydrogen) atoms. The van der Waals surface area contributed by atoms with Gasteiger partial charge in [0, 0.05) is 23.4 Å². The van der Waals surface area contributed by atoms with Crippen LogP contribution in [0.2, 0.25) is 5.02 Å². The average Bonchev–Trinajstić information content (AvgIpc) is 2.91. The fourth-order valence-corrected chi connectivity index (χ4v) is 3.81. The van der Waals surface area contributed by atoms with Gasteiger partial charge < -0.3 is 15.4 Å². The Hall–Kier alpha value is -3.80. The molecule has 222 valence electrons. The van der Waals surface area contributed by atoms with Crippen LogP contribution < -0.4 is 15.4 Å². The molecule has 2 aromatic carbocycles. The lowest BCUT2D eigenvalue weighted by Gasteiger charge is -2.26. The van der Waals surface area contributed by atoms with Crippen LogP contribution in [0.3, 0.4) is 0 Å². The molecule has 0 aliphatic rings. The number of halogens is 6. The summed E-state index contributed by atoms with van der Waals surface area (Å²) in [6.45, 7) is 0.625. The van der Waals surface area contributed by atoms with E-state index < -0.39 is 66.3 Å². The van der Waals surface area contributed by atoms with Gasteiger partial charge in [-0.25, -0.2) is 0 Å². The number of carbonyl (C=O) groups is 4. The highest BCUT2D eigenvalue weighted by Crippen LogP contribution is 2.30. The lowest BCUT2D eigenvalue weighted by atomic mass is 9.82. The van der Waals surface area contributed by atoms with E-state index in [0.29, 0.717) is 16.3 Å². The van der Waals surface area contributed by atoms with Crippen LogP contribution in [0.4, 0.5) is 22.0 Å². The van der Waals surface area contributed by atoms with E-state index in [1.54, 1.807) is 24.3 Å². The molecule has 0 saturated carbocycles. The van der Waals surface area contributed by atoms with Crippen LogP contribution in [0, 0.1) is 11.8 Å². The highest BCUT2D eigenvalue weighted by molar-refractivity contribution is 6.30. The second-order valence-corrected chi connectivity index (χ2v) is 9.79. The third-order valence-electron chi connectivity index (χ3n) is 5.96. The van der Waals surface area contributed by atoms with Gasteiger partial charge in [0.05, 0.1) is 7.11 Å². The van der Waals surface area contributed by atoms with Gasteiger partial charge >= 0.3 is 12.1 Å². The normalized spacial score (nSPS) is 13.5. The van der Waals surface area contributed by atoms with Crippen LogP contribution in [-0.2, 0) is 19.2 Å². The van der Waals surface area contributed by atoms with Crippen molar-refractivity contribution >= 4 is 41.1 Å². The smallest absolute Gasteiger partial charge is 0.405 e. The van der Waals surface area contributed by atoms with Gasteiger partial charge in [0.15, 0.2) is 5.78 Å². The van der Waals surface area contributed by atoms with Crippen LogP contribution in [0.5, 0.6) is 5.75 Å². The Balaban J connectivity index is 2.30. The Morgan fingerprint density at radius 2 is 1.54 bits per heavy atom. The molecule has 0 fully saturated rings. The first-order valence-corrected chi connectivity index (χ1v) is 12.6. The van der Waals surface area contributed by atoms with Crippen molar-refractivity contribution in [2.45, 2.75) is 38.4 Å². The highest BCUT2D eigenvalue weighted by atomic mass is 35.5. The number of alkyl halides is 5. The second-order valence-electron chi connectivity index (χ2n) is 9.36. The summed E-state index contributed by atoms with van der Waals surface area (Å²) in [5.74, 6) is -13.1. The zero-order valence-corrected chi connectivity index (χ0v) is 23.0. The number of nitrogens with one attached hydrogen (secondary N) is 2. The van der Waals surface area contributed by atoms with Crippen molar-refractivity contribution in [2.75, 3.05) is 13.7 Å². The molecule has 2 rings (SSSR count). The molecule has 2 aromatic rings. The molecule has 0 aliphatic carbocycles. The Morgan fingerprint density at radius 3 is 2.05 bits per heavy atom. The second kappa shape index (κ2) is 14.2. The predicted octanol–water partition coefficient (Wildman–Crippen LogP) is 5.33. The van der Waals surface area contributed by atoms with Crippen LogP contribution in [-0.4, -0.2) is 49.1 Å². The fourth-order valence-electron chi connectivity index (χ4n) is 3.68. The van der Waals surface area contributed by atoms with Gasteiger partial charge in [0.25, 0.3) is 5.91 Å². The number of Topliss-reactive ketones (excluding diaryl/α,β-unsaturated/α-hetero) is 2. The number of hydrogen-bond donors (Lipinski definition) is 2. The third-order valence-corrected chi connectivity index (χ3v) is 6.21. The van der Waals surface area contributed by atoms with Crippen LogP contribution in [0.25, 0.3) is 6.08 Å². The van der Waals surface area contributed by atoms with E-state index in [1.807, 2.05) is 0 Å². The molecule has 0 unspecified atom stereocenters. The summed E-state index contributed by atoms with van der Waals surface area (Å²) in [6, 6.07) is 11.0. The maximum atomic E-state index is 14.6. The number of hydrogen-bond acceptors (Lipinski definition) is 5. The van der Waals surface area contributed by atoms with Crippen molar-refractivity contribution in [3.8, 4) is 5.75 Å². The van der Waals surface area contributed by atoms with Crippen molar-refractivity contribution in [3.63, 3.8) is 0 Å². The number of amides is 2. The molecule has 2 atom stereocenters. The maximum Gasteiger partial charge on any atom is 0.405 e. The average molecular weight is 603 g/mol. The standard InChI is InChI=1S/C28H28ClF5N2O5/c1-16(2)21(25(39)28(33,34)26(40)35-15-27(30,31)32)14-22(37)24(18-7-11-20(41-3)12-8-18)36-23(38)13-6-17-4-9-19(29)10-5-17/h4-13,16,21,24H,14-15H2,1-3H3,(H,35,40)(H,36,38)/b13-6+/t21-,24-/m0/s1. The van der Waals surface area contributed by atoms with Crippen molar-refractivity contribution in [2.24, 2.45) is 11.8 Å². The summed E-state index contributed by atoms with van der Waals surface area (Å²) < 4.78 is 71.5. The Morgan fingerprint density at radius 1 is 0.951 bits per heavy atom. The maximum absolute atomic E-state index is 14.6. The van der Waals surface area contributed by atoms with Crippen molar-refractivity contribution < 1.29 is 45.9 Å². The lowest BCUT2D eigenvalue weighted by Crippen LogP contribution is -2.51. The summed E-state index contributed by atoms with van der Waals surface area (Å²) >= 11 is 5.84. The Bertz CT molecular complexity index is 1260. The van der Waals surface area contributed by atoms with Crippen LogP contribution in [0.15, 0.2) is 54.6 Å². The van der Waals surface area contributed by atoms with E-state index in [4.69, 9.17) is 16.3 Å². The molecule has 2 N–H and O–H groups in total. The molecule has 0 spiro atoms. The Labute approximate surface area is 238 Å². The van der Waals surface area contributed by atoms with E-state index in [-0.39, 0.29) is 5.56 Å². The van der Waals surface area contributed by atoms with Gasteiger partial charge in [-0.2, -0.15) is 22.0 Å². The van der Waals surface area contributed by atoms with E-state index in [2.05, 4.69) is 5.32 Å². The Kier molecular flexibility index (Phi) is 11.6. The summed E-state index contributed by atoms with van der Waals surface area (Å²) in [5.41, 5.74) is 0.863. The summed E-state index contributed by atoms with van der Waals surface area (Å²) in [7, 11) is 1.41. The molecular formula is C28H28ClF5N2O5. The van der Waals surface area contributed by atoms with Crippen molar-refractivity contribution in [1.82, 2.24) is 10.6 Å². The first-order chi connectivity index (χ1) is 19.0. The van der Waals surface area contributed by atoms with Gasteiger partial charge in [-0.3, -0.25) is 19.2 Å². The third kappa shape index (κ3) is 9.96. The molecule has 0 saturated heterocycles. The molecule has 13 heteroatoms. The van der Waals surface area contributed by atoms with Gasteiger partial charge in [-0.05, 0) is 47.4 Å². The molecule has 0 radical (unpaired) electrons. The van der Waals surface area contributed by atoms with E-state index >= 15 is 0 Å². The monoisotopic (exact) mass is 602 g/mol. The van der Waals surface area contributed by atoms with Crippen LogP contribution in [0.1, 0.15) is 37.4 Å². The number of carbonyl (C=O) groups excluding carboxylic acids is 4. The predicted molar refractivity (Wildman–Crippen MR) is 141 cm³/mol. The zero-order chi connectivity index (χ0) is 31.0. The first kappa shape index (κ1) is 33.4. The lowest BCUT2D eigenvalue weighted by molar-refractivity contribution is -0.167. The molecular weight excluding hydrogens is 575 g/mol. The molecule has 7 nitrogen and oxygen atoms in total. The number of ether oxygens (including phenoxy) is 1. The SMILES string of the molecule is COc1ccc([C@H](NC(=O)/C=C/c2ccc(Cl)cc2)C(=O)C[C@H](C(=O)C(F)(F)C(=O)NCC(F)(F)F)C(C)C)cc1. The van der Waals surface area contributed by atoms with E-state index in [9.17, 15) is 41.1 Å². The molecule has 2 amide bonds. The molecule has 0 aromatic heterocycles. The molecule has 0 aliphatic heterocycles. The largest absolute Gasteiger partial charge is 0.497 e. The van der Waals surface area contributed by atoms with Gasteiger partial charge in [-0.15, -0.1) is 0 Å². The number of methoxy groups -OCH3 is 1. The van der Waals surface area contributed by atoms with Crippen LogP contribution >= 0.6 is 11.6 Å². The topological polar surface area (TPSA) is 102 Å². The van der Waals surface area contributed by atoms with E-state index in [0.717, 1.165) is 11.4 Å². The minimum atomic E-state index is -4.98. The van der Waals surface area contributed by atoms with Gasteiger partial charge in [-0.1, -0.05) is 49.7 Å². The zero-order valence-electron chi connectivity index (χ0n) is 22.2. The van der Waals surface area contributed by atoms with Crippen molar-refractivity contribution in [3.05, 3.63) is 70.8 Å². The quantitative estimate of drug-likeness (QED) is 0.183. The summed E-state index contributed by atoms with van der Waals surface area (Å²) in [6.07, 6.45) is -3.23. The number of rotatable bonds is 13. The van der Waals surface area contributed by atoms with Gasteiger partial charge in [0.2, 0.25) is 11.7 Å². The number of benzene rings is 2. The number of ketones is 2. The molecule has 0 bridgehead atoms. The van der Waals surface area contributed by atoms with Crippen molar-refractivity contribution in [1.29, 1.82) is 0 Å². The molecule has 0 heterocycles. The van der Waals surface area contributed by atoms with E-state index in [1.165, 1.54) is 51.3 Å². The minimum absolute atomic E-state index is 0.244. The fraction of sp³-hybridized carbons (Fsp3) is 0.357. The first-order valence-electron chi connectivity index (χ1n) is 12.2. The summed E-state index contributed by atoms with van der Waals surface area (Å²) in [4.78, 5) is 50.6.